The van der Waals surface area contributed by atoms with Gasteiger partial charge in [-0.3, -0.25) is 4.99 Å². The van der Waals surface area contributed by atoms with Crippen molar-refractivity contribution in [3.8, 4) is 11.5 Å². The maximum absolute atomic E-state index is 12.1. The molecule has 1 heterocycles. The van der Waals surface area contributed by atoms with Crippen LogP contribution in [0.25, 0.3) is 0 Å². The van der Waals surface area contributed by atoms with Crippen LogP contribution in [0.5, 0.6) is 11.5 Å². The second kappa shape index (κ2) is 10.6. The van der Waals surface area contributed by atoms with E-state index in [2.05, 4.69) is 15.6 Å². The summed E-state index contributed by atoms with van der Waals surface area (Å²) in [5, 5.41) is 6.08. The first-order valence-electron chi connectivity index (χ1n) is 7.92. The number of unbranched alkanes of at least 4 members (excludes halogenated alkanes) is 1. The summed E-state index contributed by atoms with van der Waals surface area (Å²) >= 11 is 0. The second-order valence-electron chi connectivity index (χ2n) is 5.41. The molecule has 2 N–H and O–H groups in total. The maximum Gasteiger partial charge on any atom is 0.389 e. The van der Waals surface area contributed by atoms with Gasteiger partial charge in [0.2, 0.25) is 0 Å². The average molecular weight is 473 g/mol. The van der Waals surface area contributed by atoms with Crippen molar-refractivity contribution in [1.29, 1.82) is 0 Å². The van der Waals surface area contributed by atoms with E-state index < -0.39 is 12.6 Å². The Morgan fingerprint density at radius 3 is 2.56 bits per heavy atom. The van der Waals surface area contributed by atoms with Gasteiger partial charge in [-0.05, 0) is 25.0 Å². The van der Waals surface area contributed by atoms with E-state index in [0.717, 1.165) is 12.1 Å². The van der Waals surface area contributed by atoms with Crippen LogP contribution in [0.15, 0.2) is 23.2 Å². The predicted octanol–water partition coefficient (Wildman–Crippen LogP) is 4.19. The Morgan fingerprint density at radius 2 is 1.88 bits per heavy atom. The first kappa shape index (κ1) is 21.7. The third-order valence-electron chi connectivity index (χ3n) is 3.41. The molecule has 142 valence electrons. The number of nitrogens with zero attached hydrogens (tertiary/aromatic N) is 1. The number of ether oxygens (including phenoxy) is 2. The third kappa shape index (κ3) is 8.02. The number of nitrogens with one attached hydrogen (secondary N) is 2. The zero-order valence-corrected chi connectivity index (χ0v) is 16.3. The first-order chi connectivity index (χ1) is 11.5. The summed E-state index contributed by atoms with van der Waals surface area (Å²) in [4.78, 5) is 4.06. The van der Waals surface area contributed by atoms with E-state index >= 15 is 0 Å². The molecule has 1 aromatic rings. The number of rotatable bonds is 5. The van der Waals surface area contributed by atoms with Crippen LogP contribution < -0.4 is 20.1 Å². The Morgan fingerprint density at radius 1 is 1.16 bits per heavy atom. The molecule has 0 saturated carbocycles. The van der Waals surface area contributed by atoms with Gasteiger partial charge in [-0.25, -0.2) is 0 Å². The van der Waals surface area contributed by atoms with Gasteiger partial charge >= 0.3 is 6.18 Å². The monoisotopic (exact) mass is 473 g/mol. The highest BCUT2D eigenvalue weighted by molar-refractivity contribution is 14.0. The van der Waals surface area contributed by atoms with Gasteiger partial charge in [0, 0.05) is 38.2 Å². The zero-order chi connectivity index (χ0) is 17.4. The molecule has 25 heavy (non-hydrogen) atoms. The molecule has 5 nitrogen and oxygen atoms in total. The minimum Gasteiger partial charge on any atom is -0.490 e. The molecule has 0 amide bonds. The third-order valence-corrected chi connectivity index (χ3v) is 3.41. The quantitative estimate of drug-likeness (QED) is 0.292. The molecule has 2 rings (SSSR count). The molecule has 0 atom stereocenters. The lowest BCUT2D eigenvalue weighted by molar-refractivity contribution is -0.135. The molecule has 0 fully saturated rings. The number of guanidine groups is 1. The van der Waals surface area contributed by atoms with E-state index in [1.165, 1.54) is 0 Å². The summed E-state index contributed by atoms with van der Waals surface area (Å²) in [5.74, 6) is 1.86. The minimum atomic E-state index is -4.09. The van der Waals surface area contributed by atoms with Crippen molar-refractivity contribution in [2.75, 3.05) is 32.1 Å². The van der Waals surface area contributed by atoms with Crippen LogP contribution in [0.2, 0.25) is 0 Å². The van der Waals surface area contributed by atoms with Crippen molar-refractivity contribution in [3.63, 3.8) is 0 Å². The lowest BCUT2D eigenvalue weighted by Gasteiger charge is -2.14. The van der Waals surface area contributed by atoms with E-state index in [0.29, 0.717) is 43.6 Å². The van der Waals surface area contributed by atoms with Gasteiger partial charge in [0.1, 0.15) is 0 Å². The van der Waals surface area contributed by atoms with Gasteiger partial charge in [0.25, 0.3) is 0 Å². The lowest BCUT2D eigenvalue weighted by atomic mass is 10.2. The molecule has 9 heteroatoms. The number of benzene rings is 1. The number of fused-ring (bicyclic) bond motifs is 1. The zero-order valence-electron chi connectivity index (χ0n) is 14.0. The van der Waals surface area contributed by atoms with Gasteiger partial charge in [0.05, 0.1) is 13.2 Å². The molecular formula is C16H23F3IN3O2. The normalized spacial score (nSPS) is 14.3. The number of anilines is 1. The highest BCUT2D eigenvalue weighted by atomic mass is 127. The average Bonchev–Trinajstić information content (AvgIpc) is 2.77. The Labute approximate surface area is 162 Å². The van der Waals surface area contributed by atoms with Crippen LogP contribution in [0.4, 0.5) is 18.9 Å². The molecule has 1 aliphatic heterocycles. The highest BCUT2D eigenvalue weighted by Crippen LogP contribution is 2.32. The van der Waals surface area contributed by atoms with Crippen LogP contribution in [0.1, 0.15) is 25.7 Å². The molecule has 0 aromatic heterocycles. The summed E-state index contributed by atoms with van der Waals surface area (Å²) in [7, 11) is 1.61. The van der Waals surface area contributed by atoms with Crippen molar-refractivity contribution < 1.29 is 22.6 Å². The van der Waals surface area contributed by atoms with Crippen molar-refractivity contribution in [2.24, 2.45) is 4.99 Å². The van der Waals surface area contributed by atoms with E-state index in [4.69, 9.17) is 9.47 Å². The number of halogens is 4. The number of hydrogen-bond donors (Lipinski definition) is 2. The van der Waals surface area contributed by atoms with Crippen molar-refractivity contribution >= 4 is 35.6 Å². The van der Waals surface area contributed by atoms with Crippen LogP contribution in [0, 0.1) is 0 Å². The van der Waals surface area contributed by atoms with Crippen molar-refractivity contribution in [1.82, 2.24) is 5.32 Å². The summed E-state index contributed by atoms with van der Waals surface area (Å²) in [5.41, 5.74) is 0.766. The molecular weight excluding hydrogens is 450 g/mol. The predicted molar refractivity (Wildman–Crippen MR) is 102 cm³/mol. The van der Waals surface area contributed by atoms with E-state index in [9.17, 15) is 13.2 Å². The smallest absolute Gasteiger partial charge is 0.389 e. The van der Waals surface area contributed by atoms with Crippen molar-refractivity contribution in [3.05, 3.63) is 18.2 Å². The van der Waals surface area contributed by atoms with Gasteiger partial charge < -0.3 is 20.1 Å². The Kier molecular flexibility index (Phi) is 9.15. The SMILES string of the molecule is CN=C(NCCCCC(F)(F)F)Nc1ccc2c(c1)OCCCO2.I. The fourth-order valence-corrected chi connectivity index (χ4v) is 2.21. The van der Waals surface area contributed by atoms with Crippen LogP contribution in [0.3, 0.4) is 0 Å². The fourth-order valence-electron chi connectivity index (χ4n) is 2.21. The lowest BCUT2D eigenvalue weighted by Crippen LogP contribution is -2.31. The van der Waals surface area contributed by atoms with Gasteiger partial charge in [0.15, 0.2) is 17.5 Å². The summed E-state index contributed by atoms with van der Waals surface area (Å²) < 4.78 is 47.4. The summed E-state index contributed by atoms with van der Waals surface area (Å²) in [6, 6.07) is 5.47. The molecule has 0 spiro atoms. The molecule has 0 radical (unpaired) electrons. The topological polar surface area (TPSA) is 54.9 Å². The Hall–Kier alpha value is -1.39. The Bertz CT molecular complexity index is 568. The standard InChI is InChI=1S/C16H22F3N3O2.HI/c1-20-15(21-8-3-2-7-16(17,18)19)22-12-5-6-13-14(11-12)24-10-4-9-23-13;/h5-6,11H,2-4,7-10H2,1H3,(H2,20,21,22);1H. The van der Waals surface area contributed by atoms with Crippen molar-refractivity contribution in [2.45, 2.75) is 31.9 Å². The minimum absolute atomic E-state index is 0. The van der Waals surface area contributed by atoms with E-state index in [1.54, 1.807) is 7.05 Å². The molecule has 0 aliphatic carbocycles. The number of hydrogen-bond acceptors (Lipinski definition) is 3. The molecule has 1 aliphatic rings. The largest absolute Gasteiger partial charge is 0.490 e. The summed E-state index contributed by atoms with van der Waals surface area (Å²) in [6.07, 6.45) is -3.51. The molecule has 0 saturated heterocycles. The van der Waals surface area contributed by atoms with Gasteiger partial charge in [-0.2, -0.15) is 13.2 Å². The van der Waals surface area contributed by atoms with E-state index in [1.807, 2.05) is 18.2 Å². The van der Waals surface area contributed by atoms with Gasteiger partial charge in [-0.1, -0.05) is 0 Å². The number of alkyl halides is 3. The van der Waals surface area contributed by atoms with E-state index in [-0.39, 0.29) is 30.4 Å². The molecule has 0 unspecified atom stereocenters. The highest BCUT2D eigenvalue weighted by Gasteiger charge is 2.25. The van der Waals surface area contributed by atoms with Crippen LogP contribution in [-0.4, -0.2) is 38.9 Å². The Balaban J connectivity index is 0.00000312. The molecule has 1 aromatic carbocycles. The molecule has 0 bridgehead atoms. The number of aliphatic imine (C=N–C) groups is 1. The summed E-state index contributed by atoms with van der Waals surface area (Å²) in [6.45, 7) is 1.64. The first-order valence-corrected chi connectivity index (χ1v) is 7.92. The van der Waals surface area contributed by atoms with Crippen LogP contribution in [-0.2, 0) is 0 Å². The second-order valence-corrected chi connectivity index (χ2v) is 5.41. The van der Waals surface area contributed by atoms with Gasteiger partial charge in [-0.15, -0.1) is 24.0 Å². The maximum atomic E-state index is 12.1. The fraction of sp³-hybridized carbons (Fsp3) is 0.562. The van der Waals surface area contributed by atoms with Crippen LogP contribution >= 0.6 is 24.0 Å².